The molecule has 6 heteroatoms. The fourth-order valence-corrected chi connectivity index (χ4v) is 2.07. The van der Waals surface area contributed by atoms with Crippen molar-refractivity contribution in [2.24, 2.45) is 0 Å². The van der Waals surface area contributed by atoms with Crippen LogP contribution in [0.1, 0.15) is 28.4 Å². The van der Waals surface area contributed by atoms with Crippen molar-refractivity contribution in [2.45, 2.75) is 26.5 Å². The monoisotopic (exact) mass is 330 g/mol. The number of nitrogens with two attached hydrogens (primary N) is 1. The predicted octanol–water partition coefficient (Wildman–Crippen LogP) is 2.58. The zero-order valence-corrected chi connectivity index (χ0v) is 13.5. The second kappa shape index (κ2) is 7.59. The third kappa shape index (κ3) is 4.32. The van der Waals surface area contributed by atoms with E-state index < -0.39 is 18.0 Å². The van der Waals surface area contributed by atoms with Crippen LogP contribution in [-0.4, -0.2) is 18.0 Å². The first-order chi connectivity index (χ1) is 11.4. The van der Waals surface area contributed by atoms with Crippen LogP contribution in [0.3, 0.4) is 0 Å². The van der Waals surface area contributed by atoms with E-state index in [1.54, 1.807) is 37.3 Å². The molecule has 2 rings (SSSR count). The highest BCUT2D eigenvalue weighted by molar-refractivity contribution is 5.97. The number of carbonyl (C=O) groups excluding carboxylic acids is 2. The van der Waals surface area contributed by atoms with Crippen LogP contribution in [0.2, 0.25) is 0 Å². The number of para-hydroxylation sites is 1. The third-order valence-corrected chi connectivity index (χ3v) is 3.58. The minimum Gasteiger partial charge on any atom is -0.449 e. The smallest absolute Gasteiger partial charge is 0.341 e. The van der Waals surface area contributed by atoms with Crippen LogP contribution in [0.15, 0.2) is 42.5 Å². The number of aryl methyl sites for hydroxylation is 1. The highest BCUT2D eigenvalue weighted by Crippen LogP contribution is 2.18. The topological polar surface area (TPSA) is 81.4 Å². The average Bonchev–Trinajstić information content (AvgIpc) is 2.56. The van der Waals surface area contributed by atoms with E-state index in [0.717, 1.165) is 11.1 Å². The molecule has 0 radical (unpaired) electrons. The quantitative estimate of drug-likeness (QED) is 0.652. The SMILES string of the molecule is Cc1cccc(C(=O)O[C@@H](C)C(=O)NCc2ccc(F)cc2)c1N. The van der Waals surface area contributed by atoms with Crippen LogP contribution >= 0.6 is 0 Å². The Balaban J connectivity index is 1.92. The molecule has 0 heterocycles. The molecule has 1 atom stereocenters. The summed E-state index contributed by atoms with van der Waals surface area (Å²) in [4.78, 5) is 24.1. The van der Waals surface area contributed by atoms with Gasteiger partial charge < -0.3 is 15.8 Å². The highest BCUT2D eigenvalue weighted by atomic mass is 19.1. The summed E-state index contributed by atoms with van der Waals surface area (Å²) in [6.45, 7) is 3.47. The number of benzene rings is 2. The molecule has 0 bridgehead atoms. The summed E-state index contributed by atoms with van der Waals surface area (Å²) >= 11 is 0. The van der Waals surface area contributed by atoms with Gasteiger partial charge in [0.25, 0.3) is 5.91 Å². The number of hydrogen-bond acceptors (Lipinski definition) is 4. The lowest BCUT2D eigenvalue weighted by Gasteiger charge is -2.15. The van der Waals surface area contributed by atoms with Crippen LogP contribution in [0.25, 0.3) is 0 Å². The number of nitrogens with one attached hydrogen (secondary N) is 1. The third-order valence-electron chi connectivity index (χ3n) is 3.58. The fraction of sp³-hybridized carbons (Fsp3) is 0.222. The van der Waals surface area contributed by atoms with Gasteiger partial charge in [-0.3, -0.25) is 4.79 Å². The summed E-state index contributed by atoms with van der Waals surface area (Å²) in [5, 5.41) is 2.63. The summed E-state index contributed by atoms with van der Waals surface area (Å²) in [5.41, 5.74) is 7.92. The molecule has 3 N–H and O–H groups in total. The Bertz CT molecular complexity index is 744. The number of hydrogen-bond donors (Lipinski definition) is 2. The lowest BCUT2D eigenvalue weighted by atomic mass is 10.1. The van der Waals surface area contributed by atoms with E-state index in [1.807, 2.05) is 0 Å². The van der Waals surface area contributed by atoms with E-state index in [4.69, 9.17) is 10.5 Å². The molecule has 0 aliphatic carbocycles. The molecule has 0 fully saturated rings. The second-order valence-corrected chi connectivity index (χ2v) is 5.43. The van der Waals surface area contributed by atoms with E-state index in [1.165, 1.54) is 19.1 Å². The van der Waals surface area contributed by atoms with Crippen LogP contribution in [0, 0.1) is 12.7 Å². The normalized spacial score (nSPS) is 11.6. The molecule has 2 aromatic carbocycles. The van der Waals surface area contributed by atoms with Gasteiger partial charge in [-0.1, -0.05) is 24.3 Å². The van der Waals surface area contributed by atoms with Crippen molar-refractivity contribution in [3.63, 3.8) is 0 Å². The molecular formula is C18H19FN2O3. The van der Waals surface area contributed by atoms with Crippen molar-refractivity contribution in [3.05, 3.63) is 65.0 Å². The van der Waals surface area contributed by atoms with Crippen molar-refractivity contribution < 1.29 is 18.7 Å². The second-order valence-electron chi connectivity index (χ2n) is 5.43. The van der Waals surface area contributed by atoms with Gasteiger partial charge in [-0.15, -0.1) is 0 Å². The van der Waals surface area contributed by atoms with E-state index in [0.29, 0.717) is 5.69 Å². The van der Waals surface area contributed by atoms with Gasteiger partial charge in [-0.2, -0.15) is 0 Å². The maximum Gasteiger partial charge on any atom is 0.341 e. The Kier molecular flexibility index (Phi) is 5.52. The van der Waals surface area contributed by atoms with Crippen LogP contribution in [0.5, 0.6) is 0 Å². The Morgan fingerprint density at radius 2 is 1.88 bits per heavy atom. The predicted molar refractivity (Wildman–Crippen MR) is 88.7 cm³/mol. The van der Waals surface area contributed by atoms with Crippen molar-refractivity contribution >= 4 is 17.6 Å². The van der Waals surface area contributed by atoms with E-state index in [2.05, 4.69) is 5.32 Å². The highest BCUT2D eigenvalue weighted by Gasteiger charge is 2.20. The zero-order chi connectivity index (χ0) is 17.7. The van der Waals surface area contributed by atoms with Crippen molar-refractivity contribution in [2.75, 3.05) is 5.73 Å². The summed E-state index contributed by atoms with van der Waals surface area (Å²) < 4.78 is 18.0. The molecular weight excluding hydrogens is 311 g/mol. The minimum absolute atomic E-state index is 0.216. The van der Waals surface area contributed by atoms with Gasteiger partial charge in [0.05, 0.1) is 5.56 Å². The van der Waals surface area contributed by atoms with Crippen molar-refractivity contribution in [3.8, 4) is 0 Å². The zero-order valence-electron chi connectivity index (χ0n) is 13.5. The summed E-state index contributed by atoms with van der Waals surface area (Å²) in [7, 11) is 0. The summed E-state index contributed by atoms with van der Waals surface area (Å²) in [6, 6.07) is 10.8. The Morgan fingerprint density at radius 3 is 2.54 bits per heavy atom. The number of rotatable bonds is 5. The molecule has 0 spiro atoms. The summed E-state index contributed by atoms with van der Waals surface area (Å²) in [6.07, 6.45) is -0.974. The minimum atomic E-state index is -0.974. The first-order valence-corrected chi connectivity index (χ1v) is 7.46. The number of anilines is 1. The number of esters is 1. The first-order valence-electron chi connectivity index (χ1n) is 7.46. The standard InChI is InChI=1S/C18H19FN2O3/c1-11-4-3-5-15(16(11)20)18(23)24-12(2)17(22)21-10-13-6-8-14(19)9-7-13/h3-9,12H,10,20H2,1-2H3,(H,21,22)/t12-/m0/s1. The van der Waals surface area contributed by atoms with Crippen LogP contribution in [-0.2, 0) is 16.1 Å². The molecule has 5 nitrogen and oxygen atoms in total. The molecule has 0 unspecified atom stereocenters. The molecule has 126 valence electrons. The van der Waals surface area contributed by atoms with Crippen LogP contribution < -0.4 is 11.1 Å². The lowest BCUT2D eigenvalue weighted by Crippen LogP contribution is -2.35. The number of halogens is 1. The molecule has 24 heavy (non-hydrogen) atoms. The van der Waals surface area contributed by atoms with Crippen LogP contribution in [0.4, 0.5) is 10.1 Å². The van der Waals surface area contributed by atoms with Gasteiger partial charge in [0.15, 0.2) is 6.10 Å². The molecule has 2 aromatic rings. The van der Waals surface area contributed by atoms with Gasteiger partial charge in [0.1, 0.15) is 5.82 Å². The molecule has 0 aliphatic rings. The van der Waals surface area contributed by atoms with Gasteiger partial charge in [0.2, 0.25) is 0 Å². The number of amides is 1. The Morgan fingerprint density at radius 1 is 1.21 bits per heavy atom. The van der Waals surface area contributed by atoms with Gasteiger partial charge in [-0.25, -0.2) is 9.18 Å². The van der Waals surface area contributed by atoms with E-state index in [9.17, 15) is 14.0 Å². The number of nitrogen functional groups attached to an aromatic ring is 1. The fourth-order valence-electron chi connectivity index (χ4n) is 2.07. The lowest BCUT2D eigenvalue weighted by molar-refractivity contribution is -0.129. The summed E-state index contributed by atoms with van der Waals surface area (Å²) in [5.74, 6) is -1.44. The van der Waals surface area contributed by atoms with Crippen molar-refractivity contribution in [1.82, 2.24) is 5.32 Å². The van der Waals surface area contributed by atoms with Crippen molar-refractivity contribution in [1.29, 1.82) is 0 Å². The maximum atomic E-state index is 12.8. The van der Waals surface area contributed by atoms with E-state index in [-0.39, 0.29) is 17.9 Å². The Labute approximate surface area is 139 Å². The number of ether oxygens (including phenoxy) is 1. The Hall–Kier alpha value is -2.89. The first kappa shape index (κ1) is 17.5. The van der Waals surface area contributed by atoms with E-state index >= 15 is 0 Å². The molecule has 0 saturated carbocycles. The van der Waals surface area contributed by atoms with Gasteiger partial charge >= 0.3 is 5.97 Å². The molecule has 0 aromatic heterocycles. The van der Waals surface area contributed by atoms with Gasteiger partial charge in [-0.05, 0) is 43.2 Å². The number of carbonyl (C=O) groups is 2. The molecule has 0 saturated heterocycles. The van der Waals surface area contributed by atoms with Gasteiger partial charge in [0, 0.05) is 12.2 Å². The maximum absolute atomic E-state index is 12.8. The molecule has 0 aliphatic heterocycles. The molecule has 1 amide bonds. The largest absolute Gasteiger partial charge is 0.449 e. The average molecular weight is 330 g/mol.